The normalized spacial score (nSPS) is 27.6. The second-order valence-corrected chi connectivity index (χ2v) is 7.40. The van der Waals surface area contributed by atoms with Gasteiger partial charge in [0.05, 0.1) is 6.10 Å². The Morgan fingerprint density at radius 3 is 2.50 bits per heavy atom. The molecule has 0 aromatic rings. The largest absolute Gasteiger partial charge is 0.367 e. The van der Waals surface area contributed by atoms with Crippen molar-refractivity contribution in [3.05, 3.63) is 0 Å². The Bertz CT molecular complexity index is 349. The van der Waals surface area contributed by atoms with Crippen LogP contribution in [0.25, 0.3) is 0 Å². The van der Waals surface area contributed by atoms with Crippen LogP contribution in [0.15, 0.2) is 0 Å². The summed E-state index contributed by atoms with van der Waals surface area (Å²) in [5.74, 6) is 1.16. The number of hydrogen-bond acceptors (Lipinski definition) is 3. The highest BCUT2D eigenvalue weighted by Gasteiger charge is 2.26. The first-order chi connectivity index (χ1) is 10.8. The van der Waals surface area contributed by atoms with Crippen molar-refractivity contribution >= 4 is 5.91 Å². The Balaban J connectivity index is 1.29. The number of carbonyl (C=O) groups is 1. The average Bonchev–Trinajstić information content (AvgIpc) is 3.23. The van der Waals surface area contributed by atoms with Crippen molar-refractivity contribution in [2.75, 3.05) is 39.3 Å². The zero-order valence-electron chi connectivity index (χ0n) is 14.0. The van der Waals surface area contributed by atoms with Crippen LogP contribution in [0.1, 0.15) is 57.8 Å². The molecule has 126 valence electrons. The van der Waals surface area contributed by atoms with Gasteiger partial charge in [-0.1, -0.05) is 32.1 Å². The molecule has 2 aliphatic heterocycles. The molecule has 3 fully saturated rings. The highest BCUT2D eigenvalue weighted by atomic mass is 16.5. The predicted octanol–water partition coefficient (Wildman–Crippen LogP) is 2.67. The van der Waals surface area contributed by atoms with Crippen molar-refractivity contribution in [1.82, 2.24) is 9.80 Å². The Kier molecular flexibility index (Phi) is 6.13. The maximum Gasteiger partial charge on any atom is 0.248 e. The number of amides is 1. The summed E-state index contributed by atoms with van der Waals surface area (Å²) in [7, 11) is 0. The molecular weight excluding hydrogens is 276 g/mol. The molecule has 0 spiro atoms. The Morgan fingerprint density at radius 1 is 0.955 bits per heavy atom. The highest BCUT2D eigenvalue weighted by molar-refractivity contribution is 5.77. The van der Waals surface area contributed by atoms with Gasteiger partial charge in [-0.2, -0.15) is 0 Å². The maximum absolute atomic E-state index is 12.0. The van der Waals surface area contributed by atoms with E-state index in [9.17, 15) is 4.79 Å². The zero-order valence-corrected chi connectivity index (χ0v) is 14.0. The van der Waals surface area contributed by atoms with Crippen LogP contribution in [0.5, 0.6) is 0 Å². The fourth-order valence-electron chi connectivity index (χ4n) is 4.22. The number of rotatable bonds is 6. The lowest BCUT2D eigenvalue weighted by Gasteiger charge is -2.24. The van der Waals surface area contributed by atoms with Crippen LogP contribution in [-0.4, -0.2) is 61.1 Å². The number of likely N-dealkylation sites (tertiary alicyclic amines) is 2. The monoisotopic (exact) mass is 308 g/mol. The van der Waals surface area contributed by atoms with Crippen LogP contribution >= 0.6 is 0 Å². The summed E-state index contributed by atoms with van der Waals surface area (Å²) in [4.78, 5) is 16.5. The van der Waals surface area contributed by atoms with Crippen molar-refractivity contribution in [2.24, 2.45) is 5.92 Å². The van der Waals surface area contributed by atoms with Gasteiger partial charge in [-0.05, 0) is 38.1 Å². The van der Waals surface area contributed by atoms with Crippen molar-refractivity contribution < 1.29 is 9.53 Å². The van der Waals surface area contributed by atoms with Crippen LogP contribution < -0.4 is 0 Å². The molecular formula is C18H32N2O2. The molecule has 22 heavy (non-hydrogen) atoms. The van der Waals surface area contributed by atoms with E-state index in [-0.39, 0.29) is 12.0 Å². The summed E-state index contributed by atoms with van der Waals surface area (Å²) in [6.45, 7) is 5.56. The van der Waals surface area contributed by atoms with Gasteiger partial charge in [0, 0.05) is 26.2 Å². The van der Waals surface area contributed by atoms with Gasteiger partial charge in [0.2, 0.25) is 5.91 Å². The lowest BCUT2D eigenvalue weighted by molar-refractivity contribution is -0.136. The highest BCUT2D eigenvalue weighted by Crippen LogP contribution is 2.27. The molecule has 0 radical (unpaired) electrons. The van der Waals surface area contributed by atoms with Crippen LogP contribution in [0.4, 0.5) is 0 Å². The molecule has 4 heteroatoms. The molecule has 3 aliphatic rings. The van der Waals surface area contributed by atoms with E-state index in [4.69, 9.17) is 4.74 Å². The minimum atomic E-state index is 0.193. The minimum Gasteiger partial charge on any atom is -0.367 e. The van der Waals surface area contributed by atoms with E-state index in [0.29, 0.717) is 6.61 Å². The van der Waals surface area contributed by atoms with E-state index in [0.717, 1.165) is 51.4 Å². The fraction of sp³-hybridized carbons (Fsp3) is 0.944. The SMILES string of the molecule is O=C(COC1CCN(CCC2CCCCC2)C1)N1CCCC1. The van der Waals surface area contributed by atoms with Gasteiger partial charge in [-0.15, -0.1) is 0 Å². The Hall–Kier alpha value is -0.610. The summed E-state index contributed by atoms with van der Waals surface area (Å²) < 4.78 is 5.87. The molecule has 1 atom stereocenters. The molecule has 3 rings (SSSR count). The number of nitrogens with zero attached hydrogens (tertiary/aromatic N) is 2. The quantitative estimate of drug-likeness (QED) is 0.756. The molecule has 0 aromatic carbocycles. The van der Waals surface area contributed by atoms with Crippen LogP contribution in [0.2, 0.25) is 0 Å². The zero-order chi connectivity index (χ0) is 15.2. The molecule has 4 nitrogen and oxygen atoms in total. The Morgan fingerprint density at radius 2 is 1.73 bits per heavy atom. The van der Waals surface area contributed by atoms with E-state index in [1.807, 2.05) is 4.90 Å². The second-order valence-electron chi connectivity index (χ2n) is 7.40. The van der Waals surface area contributed by atoms with Crippen LogP contribution in [0, 0.1) is 5.92 Å². The number of hydrogen-bond donors (Lipinski definition) is 0. The van der Waals surface area contributed by atoms with E-state index in [1.165, 1.54) is 45.1 Å². The Labute approximate surface area is 135 Å². The summed E-state index contributed by atoms with van der Waals surface area (Å²) in [5, 5.41) is 0. The van der Waals surface area contributed by atoms with Gasteiger partial charge >= 0.3 is 0 Å². The third-order valence-electron chi connectivity index (χ3n) is 5.71. The third kappa shape index (κ3) is 4.69. The molecule has 1 amide bonds. The van der Waals surface area contributed by atoms with Crippen molar-refractivity contribution in [3.8, 4) is 0 Å². The third-order valence-corrected chi connectivity index (χ3v) is 5.71. The number of ether oxygens (including phenoxy) is 1. The molecule has 0 N–H and O–H groups in total. The maximum atomic E-state index is 12.0. The second kappa shape index (κ2) is 8.30. The average molecular weight is 308 g/mol. The lowest BCUT2D eigenvalue weighted by Crippen LogP contribution is -2.33. The first kappa shape index (κ1) is 16.3. The minimum absolute atomic E-state index is 0.193. The van der Waals surface area contributed by atoms with Crippen LogP contribution in [0.3, 0.4) is 0 Å². The van der Waals surface area contributed by atoms with Gasteiger partial charge in [-0.3, -0.25) is 4.79 Å². The topological polar surface area (TPSA) is 32.8 Å². The molecule has 1 aliphatic carbocycles. The molecule has 1 saturated carbocycles. The van der Waals surface area contributed by atoms with E-state index >= 15 is 0 Å². The summed E-state index contributed by atoms with van der Waals surface area (Å²) in [5.41, 5.74) is 0. The molecule has 0 bridgehead atoms. The number of carbonyl (C=O) groups excluding carboxylic acids is 1. The molecule has 2 saturated heterocycles. The first-order valence-electron chi connectivity index (χ1n) is 9.43. The van der Waals surface area contributed by atoms with Crippen LogP contribution in [-0.2, 0) is 9.53 Å². The summed E-state index contributed by atoms with van der Waals surface area (Å²) in [6, 6.07) is 0. The molecule has 2 heterocycles. The van der Waals surface area contributed by atoms with Crippen molar-refractivity contribution in [3.63, 3.8) is 0 Å². The molecule has 1 unspecified atom stereocenters. The summed E-state index contributed by atoms with van der Waals surface area (Å²) in [6.07, 6.45) is 12.3. The smallest absolute Gasteiger partial charge is 0.248 e. The predicted molar refractivity (Wildman–Crippen MR) is 87.8 cm³/mol. The van der Waals surface area contributed by atoms with Gasteiger partial charge < -0.3 is 14.5 Å². The van der Waals surface area contributed by atoms with Crippen molar-refractivity contribution in [2.45, 2.75) is 63.9 Å². The van der Waals surface area contributed by atoms with E-state index < -0.39 is 0 Å². The fourth-order valence-corrected chi connectivity index (χ4v) is 4.22. The van der Waals surface area contributed by atoms with Crippen molar-refractivity contribution in [1.29, 1.82) is 0 Å². The van der Waals surface area contributed by atoms with Gasteiger partial charge in [0.1, 0.15) is 6.61 Å². The lowest BCUT2D eigenvalue weighted by atomic mass is 9.87. The van der Waals surface area contributed by atoms with Gasteiger partial charge in [0.25, 0.3) is 0 Å². The van der Waals surface area contributed by atoms with E-state index in [2.05, 4.69) is 4.90 Å². The van der Waals surface area contributed by atoms with E-state index in [1.54, 1.807) is 0 Å². The standard InChI is InChI=1S/C18H32N2O2/c21-18(20-10-4-5-11-20)15-22-17-9-13-19(14-17)12-8-16-6-2-1-3-7-16/h16-17H,1-15H2. The first-order valence-corrected chi connectivity index (χ1v) is 9.43. The van der Waals surface area contributed by atoms with Gasteiger partial charge in [0.15, 0.2) is 0 Å². The van der Waals surface area contributed by atoms with Gasteiger partial charge in [-0.25, -0.2) is 0 Å². The molecule has 0 aromatic heterocycles. The summed E-state index contributed by atoms with van der Waals surface area (Å²) >= 11 is 0.